The highest BCUT2D eigenvalue weighted by molar-refractivity contribution is 5.90. The maximum atomic E-state index is 13.5. The van der Waals surface area contributed by atoms with Crippen molar-refractivity contribution in [2.45, 2.75) is 58.7 Å². The van der Waals surface area contributed by atoms with Gasteiger partial charge >= 0.3 is 0 Å². The van der Waals surface area contributed by atoms with Gasteiger partial charge in [-0.3, -0.25) is 4.79 Å². The highest BCUT2D eigenvalue weighted by atomic mass is 16.5. The van der Waals surface area contributed by atoms with Gasteiger partial charge in [-0.2, -0.15) is 0 Å². The molecule has 10 nitrogen and oxygen atoms in total. The van der Waals surface area contributed by atoms with Crippen LogP contribution >= 0.6 is 0 Å². The number of imidazole rings is 1. The number of ether oxygens (including phenoxy) is 1. The zero-order valence-corrected chi connectivity index (χ0v) is 19.4. The molecule has 2 fully saturated rings. The summed E-state index contributed by atoms with van der Waals surface area (Å²) < 4.78 is 7.69. The predicted molar refractivity (Wildman–Crippen MR) is 124 cm³/mol. The smallest absolute Gasteiger partial charge is 0.245 e. The van der Waals surface area contributed by atoms with Crippen molar-refractivity contribution in [3.8, 4) is 11.4 Å². The number of nitrogens with one attached hydrogen (secondary N) is 1. The van der Waals surface area contributed by atoms with Crippen molar-refractivity contribution in [2.75, 3.05) is 25.1 Å². The van der Waals surface area contributed by atoms with Gasteiger partial charge < -0.3 is 19.5 Å². The van der Waals surface area contributed by atoms with Crippen LogP contribution < -0.4 is 5.32 Å². The summed E-state index contributed by atoms with van der Waals surface area (Å²) in [5.41, 5.74) is 2.17. The Labute approximate surface area is 192 Å². The van der Waals surface area contributed by atoms with Gasteiger partial charge in [-0.15, -0.1) is 0 Å². The third-order valence-corrected chi connectivity index (χ3v) is 6.52. The van der Waals surface area contributed by atoms with E-state index in [2.05, 4.69) is 25.3 Å². The number of anilines is 1. The minimum absolute atomic E-state index is 0.103. The van der Waals surface area contributed by atoms with Crippen LogP contribution in [-0.2, 0) is 16.1 Å². The molecule has 1 N–H and O–H groups in total. The van der Waals surface area contributed by atoms with E-state index >= 15 is 0 Å². The third-order valence-electron chi connectivity index (χ3n) is 6.52. The molecule has 3 aromatic heterocycles. The number of morpholine rings is 1. The Hall–Kier alpha value is -3.14. The highest BCUT2D eigenvalue weighted by Gasteiger charge is 2.40. The van der Waals surface area contributed by atoms with Gasteiger partial charge in [-0.25, -0.2) is 24.9 Å². The summed E-state index contributed by atoms with van der Waals surface area (Å²) in [6.45, 7) is 8.45. The standard InChI is InChI=1S/C23H30N8O2/c1-4-17(23(32)31-8-9-33-12-18(31)15-6-7-15)28-20-19-22(27-13-26-20)30(5-2)21(29-19)16-10-24-14(3)25-11-16/h10-11,13,15,17-18H,4-9,12H2,1-3H3,(H,26,27,28)/t17-,18+/m1/s1. The maximum absolute atomic E-state index is 13.5. The molecule has 1 aliphatic carbocycles. The van der Waals surface area contributed by atoms with Gasteiger partial charge in [0.2, 0.25) is 5.91 Å². The quantitative estimate of drug-likeness (QED) is 0.584. The van der Waals surface area contributed by atoms with Crippen LogP contribution in [0.3, 0.4) is 0 Å². The normalized spacial score (nSPS) is 19.6. The molecule has 4 heterocycles. The second-order valence-electron chi connectivity index (χ2n) is 8.71. The van der Waals surface area contributed by atoms with Gasteiger partial charge in [0.1, 0.15) is 24.0 Å². The molecule has 0 unspecified atom stereocenters. The van der Waals surface area contributed by atoms with Crippen LogP contribution in [0.5, 0.6) is 0 Å². The lowest BCUT2D eigenvalue weighted by Crippen LogP contribution is -2.54. The first-order valence-corrected chi connectivity index (χ1v) is 11.8. The van der Waals surface area contributed by atoms with Crippen LogP contribution in [0.25, 0.3) is 22.6 Å². The largest absolute Gasteiger partial charge is 0.377 e. The van der Waals surface area contributed by atoms with Gasteiger partial charge in [0.05, 0.1) is 24.8 Å². The molecule has 2 aliphatic rings. The summed E-state index contributed by atoms with van der Waals surface area (Å²) >= 11 is 0. The summed E-state index contributed by atoms with van der Waals surface area (Å²) in [6.07, 6.45) is 8.05. The second-order valence-corrected chi connectivity index (χ2v) is 8.71. The maximum Gasteiger partial charge on any atom is 0.245 e. The van der Waals surface area contributed by atoms with Crippen LogP contribution in [0.1, 0.15) is 38.9 Å². The van der Waals surface area contributed by atoms with Crippen molar-refractivity contribution in [2.24, 2.45) is 5.92 Å². The number of carbonyl (C=O) groups is 1. The van der Waals surface area contributed by atoms with Crippen LogP contribution in [0.15, 0.2) is 18.7 Å². The van der Waals surface area contributed by atoms with Crippen LogP contribution in [0, 0.1) is 12.8 Å². The molecule has 3 aromatic rings. The Morgan fingerprint density at radius 1 is 1.21 bits per heavy atom. The number of aryl methyl sites for hydroxylation is 2. The molecule has 0 bridgehead atoms. The average Bonchev–Trinajstić information content (AvgIpc) is 3.62. The van der Waals surface area contributed by atoms with Crippen molar-refractivity contribution in [3.63, 3.8) is 0 Å². The van der Waals surface area contributed by atoms with E-state index in [1.165, 1.54) is 19.2 Å². The molecule has 0 spiro atoms. The first-order chi connectivity index (χ1) is 16.1. The molecule has 5 rings (SSSR count). The number of fused-ring (bicyclic) bond motifs is 1. The van der Waals surface area contributed by atoms with E-state index in [9.17, 15) is 4.79 Å². The van der Waals surface area contributed by atoms with E-state index < -0.39 is 0 Å². The van der Waals surface area contributed by atoms with E-state index in [0.717, 1.165) is 17.0 Å². The fourth-order valence-electron chi connectivity index (χ4n) is 4.54. The summed E-state index contributed by atoms with van der Waals surface area (Å²) in [7, 11) is 0. The molecule has 0 radical (unpaired) electrons. The van der Waals surface area contributed by atoms with Crippen molar-refractivity contribution in [3.05, 3.63) is 24.5 Å². The Balaban J connectivity index is 1.46. The predicted octanol–water partition coefficient (Wildman–Crippen LogP) is 2.44. The minimum atomic E-state index is -0.389. The summed E-state index contributed by atoms with van der Waals surface area (Å²) in [4.78, 5) is 37.9. The van der Waals surface area contributed by atoms with Crippen molar-refractivity contribution >= 4 is 22.9 Å². The monoisotopic (exact) mass is 450 g/mol. The van der Waals surface area contributed by atoms with Gasteiger partial charge in [-0.1, -0.05) is 6.92 Å². The topological polar surface area (TPSA) is 111 Å². The Kier molecular flexibility index (Phi) is 5.92. The van der Waals surface area contributed by atoms with Crippen LogP contribution in [0.4, 0.5) is 5.82 Å². The number of hydrogen-bond acceptors (Lipinski definition) is 8. The third kappa shape index (κ3) is 4.15. The van der Waals surface area contributed by atoms with Crippen molar-refractivity contribution in [1.82, 2.24) is 34.4 Å². The fourth-order valence-corrected chi connectivity index (χ4v) is 4.54. The zero-order valence-electron chi connectivity index (χ0n) is 19.4. The van der Waals surface area contributed by atoms with Gasteiger partial charge in [0.15, 0.2) is 17.0 Å². The van der Waals surface area contributed by atoms with E-state index in [-0.39, 0.29) is 18.0 Å². The number of hydrogen-bond donors (Lipinski definition) is 1. The highest BCUT2D eigenvalue weighted by Crippen LogP contribution is 2.37. The number of rotatable bonds is 7. The van der Waals surface area contributed by atoms with E-state index in [1.54, 1.807) is 12.4 Å². The lowest BCUT2D eigenvalue weighted by Gasteiger charge is -2.38. The molecule has 174 valence electrons. The van der Waals surface area contributed by atoms with Crippen molar-refractivity contribution < 1.29 is 9.53 Å². The molecular formula is C23H30N8O2. The molecule has 10 heteroatoms. The fraction of sp³-hybridized carbons (Fsp3) is 0.565. The Bertz CT molecular complexity index is 1140. The molecular weight excluding hydrogens is 420 g/mol. The Morgan fingerprint density at radius 3 is 2.70 bits per heavy atom. The van der Waals surface area contributed by atoms with E-state index in [0.29, 0.717) is 55.8 Å². The number of amides is 1. The number of nitrogens with zero attached hydrogens (tertiary/aromatic N) is 7. The van der Waals surface area contributed by atoms with Gasteiger partial charge in [-0.05, 0) is 39.0 Å². The minimum Gasteiger partial charge on any atom is -0.377 e. The van der Waals surface area contributed by atoms with E-state index in [4.69, 9.17) is 9.72 Å². The van der Waals surface area contributed by atoms with Crippen molar-refractivity contribution in [1.29, 1.82) is 0 Å². The van der Waals surface area contributed by atoms with E-state index in [1.807, 2.05) is 30.2 Å². The first kappa shape index (κ1) is 21.7. The first-order valence-electron chi connectivity index (χ1n) is 11.8. The molecule has 33 heavy (non-hydrogen) atoms. The lowest BCUT2D eigenvalue weighted by atomic mass is 10.1. The molecule has 1 amide bonds. The summed E-state index contributed by atoms with van der Waals surface area (Å²) in [6, 6.07) is -0.208. The van der Waals surface area contributed by atoms with Crippen LogP contribution in [0.2, 0.25) is 0 Å². The van der Waals surface area contributed by atoms with Gasteiger partial charge in [0, 0.05) is 25.5 Å². The number of aromatic nitrogens is 6. The Morgan fingerprint density at radius 2 is 2.00 bits per heavy atom. The van der Waals surface area contributed by atoms with Crippen LogP contribution in [-0.4, -0.2) is 72.1 Å². The average molecular weight is 451 g/mol. The molecule has 1 saturated heterocycles. The zero-order chi connectivity index (χ0) is 22.9. The summed E-state index contributed by atoms with van der Waals surface area (Å²) in [5.74, 6) is 2.68. The molecule has 1 aliphatic heterocycles. The molecule has 0 aromatic carbocycles. The molecule has 1 saturated carbocycles. The lowest BCUT2D eigenvalue weighted by molar-refractivity contribution is -0.141. The number of carbonyl (C=O) groups excluding carboxylic acids is 1. The molecule has 2 atom stereocenters. The van der Waals surface area contributed by atoms with Gasteiger partial charge in [0.25, 0.3) is 0 Å². The summed E-state index contributed by atoms with van der Waals surface area (Å²) in [5, 5.41) is 3.38. The second kappa shape index (κ2) is 9.01. The SMILES string of the molecule is CC[C@@H](Nc1ncnc2c1nc(-c1cnc(C)nc1)n2CC)C(=O)N1CCOC[C@H]1C1CC1.